The van der Waals surface area contributed by atoms with Crippen LogP contribution in [0.5, 0.6) is 11.5 Å². The molecule has 1 heterocycles. The molecule has 1 N–H and O–H groups in total. The summed E-state index contributed by atoms with van der Waals surface area (Å²) in [6.45, 7) is 5.52. The van der Waals surface area contributed by atoms with Crippen molar-refractivity contribution in [3.8, 4) is 11.5 Å². The lowest BCUT2D eigenvalue weighted by Gasteiger charge is -2.34. The van der Waals surface area contributed by atoms with Crippen LogP contribution in [0.15, 0.2) is 88.7 Å². The molecule has 3 aromatic carbocycles. The van der Waals surface area contributed by atoms with Crippen molar-refractivity contribution in [1.29, 1.82) is 0 Å². The summed E-state index contributed by atoms with van der Waals surface area (Å²) in [6, 6.07) is 25.8. The zero-order chi connectivity index (χ0) is 23.6. The normalized spacial score (nSPS) is 14.5. The molecule has 0 aliphatic carbocycles. The molecule has 1 aliphatic rings. The number of benzene rings is 3. The molecule has 1 aliphatic heterocycles. The van der Waals surface area contributed by atoms with Crippen molar-refractivity contribution in [2.75, 3.05) is 58.3 Å². The first-order valence-electron chi connectivity index (χ1n) is 11.5. The first kappa shape index (κ1) is 24.1. The lowest BCUT2D eigenvalue weighted by Crippen LogP contribution is -2.49. The van der Waals surface area contributed by atoms with Crippen molar-refractivity contribution in [2.45, 2.75) is 9.79 Å². The van der Waals surface area contributed by atoms with Crippen LogP contribution in [0.3, 0.4) is 0 Å². The van der Waals surface area contributed by atoms with E-state index in [9.17, 15) is 4.79 Å². The van der Waals surface area contributed by atoms with Gasteiger partial charge in [-0.05, 0) is 48.5 Å². The molecule has 0 unspecified atom stereocenters. The molecule has 0 saturated carbocycles. The van der Waals surface area contributed by atoms with Gasteiger partial charge in [0.15, 0.2) is 0 Å². The average Bonchev–Trinajstić information content (AvgIpc) is 2.87. The van der Waals surface area contributed by atoms with Gasteiger partial charge < -0.3 is 14.8 Å². The quantitative estimate of drug-likeness (QED) is 0.465. The van der Waals surface area contributed by atoms with Crippen LogP contribution in [0.2, 0.25) is 0 Å². The summed E-state index contributed by atoms with van der Waals surface area (Å²) in [5, 5.41) is 3.11. The number of ether oxygens (including phenoxy) is 2. The third-order valence-electron chi connectivity index (χ3n) is 5.70. The summed E-state index contributed by atoms with van der Waals surface area (Å²) in [4.78, 5) is 19.5. The summed E-state index contributed by atoms with van der Waals surface area (Å²) in [5.74, 6) is 1.70. The minimum absolute atomic E-state index is 0.0254. The zero-order valence-corrected chi connectivity index (χ0v) is 20.3. The number of carbonyl (C=O) groups is 1. The molecule has 7 heteroatoms. The maximum atomic E-state index is 12.7. The number of carbonyl (C=O) groups excluding carboxylic acids is 1. The van der Waals surface area contributed by atoms with E-state index >= 15 is 0 Å². The summed E-state index contributed by atoms with van der Waals surface area (Å²) in [6.07, 6.45) is 0. The number of rotatable bonds is 10. The van der Waals surface area contributed by atoms with E-state index in [-0.39, 0.29) is 5.91 Å². The number of piperazine rings is 1. The van der Waals surface area contributed by atoms with E-state index in [2.05, 4.69) is 27.2 Å². The van der Waals surface area contributed by atoms with E-state index in [0.717, 1.165) is 59.7 Å². The number of anilines is 1. The summed E-state index contributed by atoms with van der Waals surface area (Å²) >= 11 is 1.66. The second kappa shape index (κ2) is 12.5. The maximum absolute atomic E-state index is 12.7. The van der Waals surface area contributed by atoms with Crippen LogP contribution in [0, 0.1) is 0 Å². The molecule has 0 bridgehead atoms. The Bertz CT molecular complexity index is 1040. The van der Waals surface area contributed by atoms with Gasteiger partial charge in [-0.3, -0.25) is 14.6 Å². The lowest BCUT2D eigenvalue weighted by atomic mass is 10.3. The molecule has 0 aromatic heterocycles. The number of amides is 1. The van der Waals surface area contributed by atoms with E-state index in [1.54, 1.807) is 18.9 Å². The number of hydrogen-bond donors (Lipinski definition) is 1. The fourth-order valence-electron chi connectivity index (χ4n) is 3.80. The van der Waals surface area contributed by atoms with Crippen molar-refractivity contribution < 1.29 is 14.3 Å². The molecular weight excluding hydrogens is 446 g/mol. The molecular formula is C27H31N3O3S. The van der Waals surface area contributed by atoms with Crippen molar-refractivity contribution >= 4 is 23.4 Å². The van der Waals surface area contributed by atoms with Crippen molar-refractivity contribution in [2.24, 2.45) is 0 Å². The van der Waals surface area contributed by atoms with Gasteiger partial charge in [0.25, 0.3) is 0 Å². The standard InChI is InChI=1S/C27H31N3O3S/c1-32-22-11-13-23(14-12-22)33-20-19-29-15-17-30(18-16-29)21-27(31)28-25-9-5-6-10-26(25)34-24-7-3-2-4-8-24/h2-14H,15-21H2,1H3,(H,28,31). The van der Waals surface area contributed by atoms with Crippen LogP contribution in [-0.4, -0.2) is 68.7 Å². The highest BCUT2D eigenvalue weighted by atomic mass is 32.2. The fraction of sp³-hybridized carbons (Fsp3) is 0.296. The number of hydrogen-bond acceptors (Lipinski definition) is 6. The molecule has 1 fully saturated rings. The Morgan fingerprint density at radius 1 is 0.853 bits per heavy atom. The van der Waals surface area contributed by atoms with E-state index in [0.29, 0.717) is 13.2 Å². The molecule has 0 atom stereocenters. The van der Waals surface area contributed by atoms with Crippen LogP contribution in [0.25, 0.3) is 0 Å². The second-order valence-electron chi connectivity index (χ2n) is 8.10. The molecule has 34 heavy (non-hydrogen) atoms. The summed E-state index contributed by atoms with van der Waals surface area (Å²) in [7, 11) is 1.66. The molecule has 1 amide bonds. The van der Waals surface area contributed by atoms with Gasteiger partial charge in [-0.15, -0.1) is 0 Å². The van der Waals surface area contributed by atoms with Crippen LogP contribution < -0.4 is 14.8 Å². The second-order valence-corrected chi connectivity index (χ2v) is 9.22. The Labute approximate surface area is 205 Å². The van der Waals surface area contributed by atoms with Gasteiger partial charge in [0.1, 0.15) is 18.1 Å². The first-order valence-corrected chi connectivity index (χ1v) is 12.3. The van der Waals surface area contributed by atoms with Gasteiger partial charge in [0.05, 0.1) is 19.3 Å². The first-order chi connectivity index (χ1) is 16.7. The predicted molar refractivity (Wildman–Crippen MR) is 137 cm³/mol. The smallest absolute Gasteiger partial charge is 0.238 e. The van der Waals surface area contributed by atoms with Gasteiger partial charge in [-0.25, -0.2) is 0 Å². The molecule has 6 nitrogen and oxygen atoms in total. The number of methoxy groups -OCH3 is 1. The van der Waals surface area contributed by atoms with E-state index in [1.165, 1.54) is 0 Å². The summed E-state index contributed by atoms with van der Waals surface area (Å²) in [5.41, 5.74) is 0.857. The number of para-hydroxylation sites is 1. The van der Waals surface area contributed by atoms with E-state index in [4.69, 9.17) is 9.47 Å². The predicted octanol–water partition coefficient (Wildman–Crippen LogP) is 4.48. The van der Waals surface area contributed by atoms with E-state index in [1.807, 2.05) is 66.7 Å². The highest BCUT2D eigenvalue weighted by molar-refractivity contribution is 7.99. The van der Waals surface area contributed by atoms with Gasteiger partial charge in [-0.1, -0.05) is 42.1 Å². The Morgan fingerprint density at radius 3 is 2.24 bits per heavy atom. The number of nitrogens with zero attached hydrogens (tertiary/aromatic N) is 2. The van der Waals surface area contributed by atoms with Crippen molar-refractivity contribution in [3.63, 3.8) is 0 Å². The number of nitrogens with one attached hydrogen (secondary N) is 1. The Kier molecular flexibility index (Phi) is 8.84. The monoisotopic (exact) mass is 477 g/mol. The Hall–Kier alpha value is -3.00. The van der Waals surface area contributed by atoms with E-state index < -0.39 is 0 Å². The van der Waals surface area contributed by atoms with Gasteiger partial charge in [-0.2, -0.15) is 0 Å². The molecule has 4 rings (SSSR count). The zero-order valence-electron chi connectivity index (χ0n) is 19.5. The molecule has 1 saturated heterocycles. The molecule has 178 valence electrons. The minimum Gasteiger partial charge on any atom is -0.497 e. The van der Waals surface area contributed by atoms with Crippen LogP contribution in [-0.2, 0) is 4.79 Å². The lowest BCUT2D eigenvalue weighted by molar-refractivity contribution is -0.117. The van der Waals surface area contributed by atoms with Crippen molar-refractivity contribution in [1.82, 2.24) is 9.80 Å². The summed E-state index contributed by atoms with van der Waals surface area (Å²) < 4.78 is 11.0. The minimum atomic E-state index is 0.0254. The van der Waals surface area contributed by atoms with Gasteiger partial charge in [0, 0.05) is 42.5 Å². The third-order valence-corrected chi connectivity index (χ3v) is 6.78. The maximum Gasteiger partial charge on any atom is 0.238 e. The van der Waals surface area contributed by atoms with Crippen LogP contribution in [0.1, 0.15) is 0 Å². The van der Waals surface area contributed by atoms with Gasteiger partial charge in [0.2, 0.25) is 5.91 Å². The average molecular weight is 478 g/mol. The highest BCUT2D eigenvalue weighted by Crippen LogP contribution is 2.33. The highest BCUT2D eigenvalue weighted by Gasteiger charge is 2.19. The van der Waals surface area contributed by atoms with Crippen LogP contribution >= 0.6 is 11.8 Å². The van der Waals surface area contributed by atoms with Crippen molar-refractivity contribution in [3.05, 3.63) is 78.9 Å². The van der Waals surface area contributed by atoms with Gasteiger partial charge >= 0.3 is 0 Å². The third kappa shape index (κ3) is 7.25. The Balaban J connectivity index is 1.18. The Morgan fingerprint density at radius 2 is 1.50 bits per heavy atom. The van der Waals surface area contributed by atoms with Crippen LogP contribution in [0.4, 0.5) is 5.69 Å². The SMILES string of the molecule is COc1ccc(OCCN2CCN(CC(=O)Nc3ccccc3Sc3ccccc3)CC2)cc1. The largest absolute Gasteiger partial charge is 0.497 e. The topological polar surface area (TPSA) is 54.0 Å². The molecule has 3 aromatic rings. The molecule has 0 spiro atoms. The fourth-order valence-corrected chi connectivity index (χ4v) is 4.73. The molecule has 0 radical (unpaired) electrons.